The van der Waals surface area contributed by atoms with E-state index in [1.807, 2.05) is 0 Å². The molecule has 7 heteroatoms. The average molecular weight is 321 g/mol. The van der Waals surface area contributed by atoms with Gasteiger partial charge in [-0.15, -0.1) is 0 Å². The molecule has 0 aliphatic heterocycles. The second-order valence-electron chi connectivity index (χ2n) is 4.46. The molecule has 0 bridgehead atoms. The van der Waals surface area contributed by atoms with Crippen LogP contribution in [0.2, 0.25) is 5.02 Å². The summed E-state index contributed by atoms with van der Waals surface area (Å²) in [7, 11) is 1.52. The van der Waals surface area contributed by atoms with Crippen molar-refractivity contribution in [3.8, 4) is 5.75 Å². The lowest BCUT2D eigenvalue weighted by Gasteiger charge is -2.08. The van der Waals surface area contributed by atoms with Gasteiger partial charge >= 0.3 is 0 Å². The van der Waals surface area contributed by atoms with Crippen molar-refractivity contribution in [2.75, 3.05) is 7.11 Å². The first-order chi connectivity index (χ1) is 10.5. The number of nitro groups is 1. The van der Waals surface area contributed by atoms with Crippen LogP contribution in [0, 0.1) is 10.1 Å². The number of hydrogen-bond donors (Lipinski definition) is 1. The van der Waals surface area contributed by atoms with Crippen molar-refractivity contribution in [3.05, 3.63) is 68.7 Å². The van der Waals surface area contributed by atoms with Gasteiger partial charge in [0.15, 0.2) is 0 Å². The number of non-ortho nitro benzene ring substituents is 1. The topological polar surface area (TPSA) is 81.5 Å². The van der Waals surface area contributed by atoms with Crippen molar-refractivity contribution in [1.29, 1.82) is 0 Å². The van der Waals surface area contributed by atoms with E-state index in [0.717, 1.165) is 5.56 Å². The zero-order chi connectivity index (χ0) is 16.1. The van der Waals surface area contributed by atoms with Crippen molar-refractivity contribution in [1.82, 2.24) is 5.32 Å². The normalized spacial score (nSPS) is 10.1. The summed E-state index contributed by atoms with van der Waals surface area (Å²) in [5, 5.41) is 13.8. The molecule has 0 fully saturated rings. The molecule has 1 amide bonds. The Morgan fingerprint density at radius 3 is 2.73 bits per heavy atom. The standard InChI is InChI=1S/C15H13ClN2O4/c1-22-14-6-5-10(7-13(14)16)9-17-15(19)11-3-2-4-12(8-11)18(20)21/h2-8H,9H2,1H3,(H,17,19). The molecule has 0 radical (unpaired) electrons. The molecule has 0 aromatic heterocycles. The minimum Gasteiger partial charge on any atom is -0.495 e. The first-order valence-corrected chi connectivity index (χ1v) is 6.74. The lowest BCUT2D eigenvalue weighted by Crippen LogP contribution is -2.22. The van der Waals surface area contributed by atoms with Crippen LogP contribution >= 0.6 is 11.6 Å². The van der Waals surface area contributed by atoms with E-state index >= 15 is 0 Å². The molecule has 2 aromatic carbocycles. The van der Waals surface area contributed by atoms with Crippen LogP contribution in [0.3, 0.4) is 0 Å². The largest absolute Gasteiger partial charge is 0.495 e. The van der Waals surface area contributed by atoms with Crippen LogP contribution in [-0.4, -0.2) is 17.9 Å². The number of benzene rings is 2. The highest BCUT2D eigenvalue weighted by Gasteiger charge is 2.11. The number of amides is 1. The van der Waals surface area contributed by atoms with Gasteiger partial charge in [-0.25, -0.2) is 0 Å². The summed E-state index contributed by atoms with van der Waals surface area (Å²) < 4.78 is 5.05. The van der Waals surface area contributed by atoms with Crippen LogP contribution in [0.15, 0.2) is 42.5 Å². The lowest BCUT2D eigenvalue weighted by atomic mass is 10.1. The predicted octanol–water partition coefficient (Wildman–Crippen LogP) is 3.19. The number of nitro benzene ring substituents is 1. The van der Waals surface area contributed by atoms with E-state index in [2.05, 4.69) is 5.32 Å². The Labute approximate surface area is 131 Å². The minimum absolute atomic E-state index is 0.125. The summed E-state index contributed by atoms with van der Waals surface area (Å²) in [6.07, 6.45) is 0. The van der Waals surface area contributed by atoms with Gasteiger partial charge in [-0.05, 0) is 23.8 Å². The van der Waals surface area contributed by atoms with Crippen LogP contribution in [-0.2, 0) is 6.54 Å². The molecule has 0 atom stereocenters. The van der Waals surface area contributed by atoms with Crippen LogP contribution in [0.4, 0.5) is 5.69 Å². The fourth-order valence-corrected chi connectivity index (χ4v) is 2.15. The molecule has 0 heterocycles. The first kappa shape index (κ1) is 15.8. The molecule has 0 aliphatic rings. The minimum atomic E-state index is -0.542. The Balaban J connectivity index is 2.05. The number of halogens is 1. The maximum Gasteiger partial charge on any atom is 0.270 e. The third kappa shape index (κ3) is 3.73. The molecule has 0 spiro atoms. The number of nitrogens with one attached hydrogen (secondary N) is 1. The van der Waals surface area contributed by atoms with E-state index in [4.69, 9.17) is 16.3 Å². The molecule has 0 saturated carbocycles. The monoisotopic (exact) mass is 320 g/mol. The lowest BCUT2D eigenvalue weighted by molar-refractivity contribution is -0.384. The molecule has 22 heavy (non-hydrogen) atoms. The van der Waals surface area contributed by atoms with Crippen LogP contribution in [0.25, 0.3) is 0 Å². The van der Waals surface area contributed by atoms with Crippen LogP contribution < -0.4 is 10.1 Å². The van der Waals surface area contributed by atoms with Gasteiger partial charge in [0.2, 0.25) is 0 Å². The van der Waals surface area contributed by atoms with E-state index in [1.54, 1.807) is 18.2 Å². The Bertz CT molecular complexity index is 718. The first-order valence-electron chi connectivity index (χ1n) is 6.36. The summed E-state index contributed by atoms with van der Waals surface area (Å²) in [4.78, 5) is 22.2. The van der Waals surface area contributed by atoms with E-state index in [9.17, 15) is 14.9 Å². The molecule has 0 aliphatic carbocycles. The number of methoxy groups -OCH3 is 1. The summed E-state index contributed by atoms with van der Waals surface area (Å²) in [6, 6.07) is 10.7. The Kier molecular flexibility index (Phi) is 4.95. The molecule has 1 N–H and O–H groups in total. The number of carbonyl (C=O) groups excluding carboxylic acids is 1. The quantitative estimate of drug-likeness (QED) is 0.677. The number of nitrogens with zero attached hydrogens (tertiary/aromatic N) is 1. The van der Waals surface area contributed by atoms with Crippen molar-refractivity contribution in [2.45, 2.75) is 6.54 Å². The van der Waals surface area contributed by atoms with E-state index in [-0.39, 0.29) is 17.8 Å². The SMILES string of the molecule is COc1ccc(CNC(=O)c2cccc([N+](=O)[O-])c2)cc1Cl. The van der Waals surface area contributed by atoms with Crippen LogP contribution in [0.1, 0.15) is 15.9 Å². The van der Waals surface area contributed by atoms with Gasteiger partial charge in [-0.2, -0.15) is 0 Å². The third-order valence-corrected chi connectivity index (χ3v) is 3.28. The molecular weight excluding hydrogens is 308 g/mol. The fraction of sp³-hybridized carbons (Fsp3) is 0.133. The molecule has 2 aromatic rings. The van der Waals surface area contributed by atoms with Crippen LogP contribution in [0.5, 0.6) is 5.75 Å². The van der Waals surface area contributed by atoms with Gasteiger partial charge < -0.3 is 10.1 Å². The fourth-order valence-electron chi connectivity index (χ4n) is 1.86. The second-order valence-corrected chi connectivity index (χ2v) is 4.87. The number of hydrogen-bond acceptors (Lipinski definition) is 4. The van der Waals surface area contributed by atoms with Gasteiger partial charge in [-0.3, -0.25) is 14.9 Å². The van der Waals surface area contributed by atoms with Crippen molar-refractivity contribution in [2.24, 2.45) is 0 Å². The maximum absolute atomic E-state index is 12.0. The third-order valence-electron chi connectivity index (χ3n) is 2.99. The summed E-state index contributed by atoms with van der Waals surface area (Å²) in [5.41, 5.74) is 0.901. The number of rotatable bonds is 5. The van der Waals surface area contributed by atoms with E-state index in [0.29, 0.717) is 10.8 Å². The average Bonchev–Trinajstić information content (AvgIpc) is 2.52. The maximum atomic E-state index is 12.0. The smallest absolute Gasteiger partial charge is 0.270 e. The van der Waals surface area contributed by atoms with Gasteiger partial charge in [0.1, 0.15) is 5.75 Å². The number of ether oxygens (including phenoxy) is 1. The molecule has 0 unspecified atom stereocenters. The Morgan fingerprint density at radius 2 is 2.09 bits per heavy atom. The van der Waals surface area contributed by atoms with E-state index < -0.39 is 10.8 Å². The number of carbonyl (C=O) groups is 1. The molecular formula is C15H13ClN2O4. The second kappa shape index (κ2) is 6.91. The summed E-state index contributed by atoms with van der Waals surface area (Å²) >= 11 is 6.00. The molecule has 114 valence electrons. The van der Waals surface area contributed by atoms with Crippen molar-refractivity contribution >= 4 is 23.2 Å². The Morgan fingerprint density at radius 1 is 1.32 bits per heavy atom. The van der Waals surface area contributed by atoms with Gasteiger partial charge in [0.25, 0.3) is 11.6 Å². The van der Waals surface area contributed by atoms with E-state index in [1.165, 1.54) is 31.4 Å². The summed E-state index contributed by atoms with van der Waals surface area (Å²) in [6.45, 7) is 0.255. The molecule has 6 nitrogen and oxygen atoms in total. The Hall–Kier alpha value is -2.60. The summed E-state index contributed by atoms with van der Waals surface area (Å²) in [5.74, 6) is 0.158. The predicted molar refractivity (Wildman–Crippen MR) is 82.3 cm³/mol. The highest BCUT2D eigenvalue weighted by atomic mass is 35.5. The van der Waals surface area contributed by atoms with Gasteiger partial charge in [0.05, 0.1) is 17.1 Å². The molecule has 0 saturated heterocycles. The van der Waals surface area contributed by atoms with Gasteiger partial charge in [0, 0.05) is 24.2 Å². The highest BCUT2D eigenvalue weighted by molar-refractivity contribution is 6.32. The van der Waals surface area contributed by atoms with Crippen molar-refractivity contribution in [3.63, 3.8) is 0 Å². The van der Waals surface area contributed by atoms with Gasteiger partial charge in [-0.1, -0.05) is 23.7 Å². The highest BCUT2D eigenvalue weighted by Crippen LogP contribution is 2.24. The zero-order valence-electron chi connectivity index (χ0n) is 11.7. The zero-order valence-corrected chi connectivity index (χ0v) is 12.5. The molecule has 2 rings (SSSR count). The van der Waals surface area contributed by atoms with Crippen molar-refractivity contribution < 1.29 is 14.5 Å².